The van der Waals surface area contributed by atoms with Crippen molar-refractivity contribution in [2.45, 2.75) is 42.8 Å². The molecule has 10 heteroatoms. The number of rotatable bonds is 4. The van der Waals surface area contributed by atoms with Crippen LogP contribution >= 0.6 is 0 Å². The molecule has 0 saturated carbocycles. The lowest BCUT2D eigenvalue weighted by molar-refractivity contribution is -0.137. The quantitative estimate of drug-likeness (QED) is 0.747. The highest BCUT2D eigenvalue weighted by molar-refractivity contribution is 7.89. The number of hydrogen-bond acceptors (Lipinski definition) is 4. The molecule has 0 bridgehead atoms. The van der Waals surface area contributed by atoms with Gasteiger partial charge in [0.25, 0.3) is 0 Å². The van der Waals surface area contributed by atoms with Gasteiger partial charge in [-0.1, -0.05) is 18.6 Å². The number of nitrogens with two attached hydrogens (primary N) is 1. The number of alkyl halides is 3. The van der Waals surface area contributed by atoms with Crippen molar-refractivity contribution < 1.29 is 26.4 Å². The Morgan fingerprint density at radius 3 is 2.44 bits per heavy atom. The maximum absolute atomic E-state index is 13.1. The molecule has 0 aromatic heterocycles. The van der Waals surface area contributed by atoms with Gasteiger partial charge in [-0.05, 0) is 67.3 Å². The third-order valence-corrected chi connectivity index (χ3v) is 7.06. The Balaban J connectivity index is 1.50. The van der Waals surface area contributed by atoms with Crippen LogP contribution in [0, 0.1) is 0 Å². The van der Waals surface area contributed by atoms with Gasteiger partial charge in [0.1, 0.15) is 0 Å². The van der Waals surface area contributed by atoms with E-state index >= 15 is 0 Å². The zero-order valence-corrected chi connectivity index (χ0v) is 18.1. The maximum atomic E-state index is 13.1. The van der Waals surface area contributed by atoms with E-state index in [4.69, 9.17) is 5.14 Å². The van der Waals surface area contributed by atoms with E-state index < -0.39 is 21.8 Å². The lowest BCUT2D eigenvalue weighted by Gasteiger charge is -2.36. The second-order valence-corrected chi connectivity index (χ2v) is 9.79. The third kappa shape index (κ3) is 4.67. The number of fused-ring (bicyclic) bond motifs is 1. The standard InChI is InChI=1S/C22H24F3N3O3S/c23-22(24,25)17-6-4-15(5-7-17)19-3-1-2-11-27(19)14-21(29)28-12-10-16-13-18(32(26,30)31)8-9-20(16)28/h4-9,13,19H,1-3,10-12,14H2,(H2,26,30,31). The molecule has 4 rings (SSSR count). The molecule has 32 heavy (non-hydrogen) atoms. The van der Waals surface area contributed by atoms with Crippen molar-refractivity contribution >= 4 is 21.6 Å². The number of hydrogen-bond donors (Lipinski definition) is 1. The molecule has 2 N–H and O–H groups in total. The Morgan fingerprint density at radius 1 is 1.06 bits per heavy atom. The van der Waals surface area contributed by atoms with Gasteiger partial charge in [0.05, 0.1) is 17.0 Å². The van der Waals surface area contributed by atoms with Crippen molar-refractivity contribution in [3.8, 4) is 0 Å². The van der Waals surface area contributed by atoms with Gasteiger partial charge in [0, 0.05) is 18.3 Å². The van der Waals surface area contributed by atoms with Gasteiger partial charge in [-0.15, -0.1) is 0 Å². The van der Waals surface area contributed by atoms with Gasteiger partial charge < -0.3 is 4.90 Å². The molecule has 2 aliphatic rings. The van der Waals surface area contributed by atoms with Crippen molar-refractivity contribution in [2.24, 2.45) is 5.14 Å². The molecule has 2 aromatic rings. The van der Waals surface area contributed by atoms with Crippen LogP contribution in [0.1, 0.15) is 42.0 Å². The van der Waals surface area contributed by atoms with Crippen LogP contribution in [0.25, 0.3) is 0 Å². The molecule has 0 spiro atoms. The summed E-state index contributed by atoms with van der Waals surface area (Å²) in [6, 6.07) is 9.54. The average molecular weight is 468 g/mol. The second kappa shape index (κ2) is 8.49. The van der Waals surface area contributed by atoms with Crippen LogP contribution in [-0.2, 0) is 27.4 Å². The van der Waals surface area contributed by atoms with Crippen molar-refractivity contribution in [3.63, 3.8) is 0 Å². The number of piperidine rings is 1. The van der Waals surface area contributed by atoms with Crippen LogP contribution in [0.5, 0.6) is 0 Å². The van der Waals surface area contributed by atoms with Gasteiger partial charge >= 0.3 is 6.18 Å². The van der Waals surface area contributed by atoms with E-state index in [2.05, 4.69) is 0 Å². The molecule has 1 unspecified atom stereocenters. The number of primary sulfonamides is 1. The number of carbonyl (C=O) groups excluding carboxylic acids is 1. The van der Waals surface area contributed by atoms with Gasteiger partial charge in [-0.3, -0.25) is 9.69 Å². The Morgan fingerprint density at radius 2 is 1.78 bits per heavy atom. The Hall–Kier alpha value is -2.43. The molecule has 172 valence electrons. The zero-order valence-electron chi connectivity index (χ0n) is 17.3. The van der Waals surface area contributed by atoms with Gasteiger partial charge in [0.15, 0.2) is 0 Å². The molecule has 2 aliphatic heterocycles. The van der Waals surface area contributed by atoms with Gasteiger partial charge in [-0.2, -0.15) is 13.2 Å². The fourth-order valence-electron chi connectivity index (χ4n) is 4.53. The highest BCUT2D eigenvalue weighted by Crippen LogP contribution is 2.35. The summed E-state index contributed by atoms with van der Waals surface area (Å²) in [5.74, 6) is -0.120. The van der Waals surface area contributed by atoms with E-state index in [1.54, 1.807) is 11.0 Å². The lowest BCUT2D eigenvalue weighted by Crippen LogP contribution is -2.43. The van der Waals surface area contributed by atoms with Crippen LogP contribution < -0.4 is 10.0 Å². The summed E-state index contributed by atoms with van der Waals surface area (Å²) in [6.07, 6.45) is -1.22. The monoisotopic (exact) mass is 467 g/mol. The Kier molecular flexibility index (Phi) is 6.04. The SMILES string of the molecule is NS(=O)(=O)c1ccc2c(c1)CCN2C(=O)CN1CCCCC1c1ccc(C(F)(F)F)cc1. The fraction of sp³-hybridized carbons (Fsp3) is 0.409. The summed E-state index contributed by atoms with van der Waals surface area (Å²) in [4.78, 5) is 16.8. The van der Waals surface area contributed by atoms with Crippen molar-refractivity contribution in [1.82, 2.24) is 4.90 Å². The first kappa shape index (κ1) is 22.8. The predicted molar refractivity (Wildman–Crippen MR) is 113 cm³/mol. The summed E-state index contributed by atoms with van der Waals surface area (Å²) < 4.78 is 61.9. The topological polar surface area (TPSA) is 83.7 Å². The molecule has 2 heterocycles. The largest absolute Gasteiger partial charge is 0.416 e. The summed E-state index contributed by atoms with van der Waals surface area (Å²) in [6.45, 7) is 1.27. The first-order chi connectivity index (χ1) is 15.0. The van der Waals surface area contributed by atoms with Crippen LogP contribution in [0.15, 0.2) is 47.4 Å². The summed E-state index contributed by atoms with van der Waals surface area (Å²) in [5, 5.41) is 5.20. The Bertz CT molecular complexity index is 1120. The van der Waals surface area contributed by atoms with Crippen LogP contribution in [0.4, 0.5) is 18.9 Å². The number of amides is 1. The highest BCUT2D eigenvalue weighted by atomic mass is 32.2. The van der Waals surface area contributed by atoms with E-state index in [0.717, 1.165) is 42.5 Å². The summed E-state index contributed by atoms with van der Waals surface area (Å²) in [7, 11) is -3.82. The van der Waals surface area contributed by atoms with Crippen molar-refractivity contribution in [1.29, 1.82) is 0 Å². The minimum absolute atomic E-state index is 0.0175. The predicted octanol–water partition coefficient (Wildman–Crippen LogP) is 3.47. The molecule has 2 aromatic carbocycles. The van der Waals surface area contributed by atoms with Crippen LogP contribution in [0.2, 0.25) is 0 Å². The van der Waals surface area contributed by atoms with E-state index in [0.29, 0.717) is 25.2 Å². The van der Waals surface area contributed by atoms with E-state index in [9.17, 15) is 26.4 Å². The lowest BCUT2D eigenvalue weighted by atomic mass is 9.94. The molecule has 0 radical (unpaired) electrons. The molecule has 6 nitrogen and oxygen atoms in total. The van der Waals surface area contributed by atoms with E-state index in [1.165, 1.54) is 24.3 Å². The average Bonchev–Trinajstić information content (AvgIpc) is 3.16. The number of anilines is 1. The molecule has 1 saturated heterocycles. The summed E-state index contributed by atoms with van der Waals surface area (Å²) in [5.41, 5.74) is 1.51. The number of benzene rings is 2. The third-order valence-electron chi connectivity index (χ3n) is 6.15. The minimum Gasteiger partial charge on any atom is -0.311 e. The molecule has 1 atom stereocenters. The summed E-state index contributed by atoms with van der Waals surface area (Å²) >= 11 is 0. The molecule has 0 aliphatic carbocycles. The van der Waals surface area contributed by atoms with Crippen molar-refractivity contribution in [2.75, 3.05) is 24.5 Å². The zero-order chi connectivity index (χ0) is 23.1. The fourth-order valence-corrected chi connectivity index (χ4v) is 5.09. The normalized spacial score (nSPS) is 19.8. The second-order valence-electron chi connectivity index (χ2n) is 8.23. The van der Waals surface area contributed by atoms with Gasteiger partial charge in [0.2, 0.25) is 15.9 Å². The molecule has 1 fully saturated rings. The number of likely N-dealkylation sites (tertiary alicyclic amines) is 1. The van der Waals surface area contributed by atoms with Gasteiger partial charge in [-0.25, -0.2) is 13.6 Å². The number of nitrogens with zero attached hydrogens (tertiary/aromatic N) is 2. The number of carbonyl (C=O) groups is 1. The number of sulfonamides is 1. The first-order valence-electron chi connectivity index (χ1n) is 10.4. The smallest absolute Gasteiger partial charge is 0.311 e. The minimum atomic E-state index is -4.38. The van der Waals surface area contributed by atoms with E-state index in [-0.39, 0.29) is 23.4 Å². The maximum Gasteiger partial charge on any atom is 0.416 e. The highest BCUT2D eigenvalue weighted by Gasteiger charge is 2.33. The van der Waals surface area contributed by atoms with E-state index in [1.807, 2.05) is 4.90 Å². The molecular formula is C22H24F3N3O3S. The van der Waals surface area contributed by atoms with Crippen LogP contribution in [-0.4, -0.2) is 38.9 Å². The van der Waals surface area contributed by atoms with Crippen LogP contribution in [0.3, 0.4) is 0 Å². The number of halogens is 3. The van der Waals surface area contributed by atoms with Crippen molar-refractivity contribution in [3.05, 3.63) is 59.2 Å². The molecular weight excluding hydrogens is 443 g/mol. The first-order valence-corrected chi connectivity index (χ1v) is 12.0. The molecule has 1 amide bonds. The Labute approximate surface area is 184 Å².